The third-order valence-electron chi connectivity index (χ3n) is 3.76. The van der Waals surface area contributed by atoms with Gasteiger partial charge in [-0.05, 0) is 31.2 Å². The molecule has 3 rings (SSSR count). The lowest BCUT2D eigenvalue weighted by atomic mass is 10.1. The number of nitriles is 1. The first-order valence-electron chi connectivity index (χ1n) is 7.16. The predicted molar refractivity (Wildman–Crippen MR) is 82.3 cm³/mol. The van der Waals surface area contributed by atoms with E-state index < -0.39 is 0 Å². The Balaban J connectivity index is 1.73. The number of halogens is 1. The molecule has 0 bridgehead atoms. The van der Waals surface area contributed by atoms with Crippen molar-refractivity contribution in [1.29, 1.82) is 5.26 Å². The van der Waals surface area contributed by atoms with E-state index >= 15 is 0 Å². The van der Waals surface area contributed by atoms with Crippen LogP contribution in [0.1, 0.15) is 11.3 Å². The molecule has 5 nitrogen and oxygen atoms in total. The van der Waals surface area contributed by atoms with Crippen LogP contribution in [-0.4, -0.2) is 36.1 Å². The first-order chi connectivity index (χ1) is 10.7. The minimum absolute atomic E-state index is 0.375. The molecule has 0 unspecified atom stereocenters. The summed E-state index contributed by atoms with van der Waals surface area (Å²) < 4.78 is 13.2. The quantitative estimate of drug-likeness (QED) is 0.850. The molecule has 1 aromatic carbocycles. The van der Waals surface area contributed by atoms with E-state index in [0.717, 1.165) is 43.5 Å². The van der Waals surface area contributed by atoms with Gasteiger partial charge < -0.3 is 9.80 Å². The molecule has 0 saturated carbocycles. The van der Waals surface area contributed by atoms with Crippen LogP contribution in [0.4, 0.5) is 16.0 Å². The van der Waals surface area contributed by atoms with E-state index in [-0.39, 0.29) is 5.82 Å². The fourth-order valence-electron chi connectivity index (χ4n) is 2.61. The van der Waals surface area contributed by atoms with Gasteiger partial charge in [0.05, 0.1) is 11.3 Å². The molecular formula is C16H16FN5. The first-order valence-corrected chi connectivity index (χ1v) is 7.16. The van der Waals surface area contributed by atoms with E-state index in [2.05, 4.69) is 25.8 Å². The number of hydrogen-bond donors (Lipinski definition) is 0. The minimum Gasteiger partial charge on any atom is -0.367 e. The van der Waals surface area contributed by atoms with Gasteiger partial charge in [0.1, 0.15) is 11.9 Å². The molecule has 6 heteroatoms. The van der Waals surface area contributed by atoms with Gasteiger partial charge in [-0.3, -0.25) is 0 Å². The molecule has 0 amide bonds. The number of benzene rings is 1. The molecule has 0 spiro atoms. The van der Waals surface area contributed by atoms with Gasteiger partial charge in [0.15, 0.2) is 0 Å². The maximum atomic E-state index is 13.2. The Labute approximate surface area is 128 Å². The average molecular weight is 297 g/mol. The normalized spacial score (nSPS) is 14.8. The SMILES string of the molecule is Cc1ccnc(N2CCN(c3ccc(F)cc3C#N)CC2)n1. The summed E-state index contributed by atoms with van der Waals surface area (Å²) in [6.45, 7) is 4.98. The maximum Gasteiger partial charge on any atom is 0.225 e. The molecule has 1 saturated heterocycles. The molecule has 22 heavy (non-hydrogen) atoms. The second kappa shape index (κ2) is 5.98. The maximum absolute atomic E-state index is 13.2. The van der Waals surface area contributed by atoms with Gasteiger partial charge in [0, 0.05) is 38.1 Å². The van der Waals surface area contributed by atoms with Crippen LogP contribution in [0.3, 0.4) is 0 Å². The molecule has 1 aromatic heterocycles. The second-order valence-electron chi connectivity index (χ2n) is 5.25. The Morgan fingerprint density at radius 3 is 2.55 bits per heavy atom. The van der Waals surface area contributed by atoms with Crippen molar-refractivity contribution in [3.63, 3.8) is 0 Å². The van der Waals surface area contributed by atoms with Crippen LogP contribution in [-0.2, 0) is 0 Å². The number of nitrogens with zero attached hydrogens (tertiary/aromatic N) is 5. The van der Waals surface area contributed by atoms with E-state index in [9.17, 15) is 4.39 Å². The summed E-state index contributed by atoms with van der Waals surface area (Å²) >= 11 is 0. The van der Waals surface area contributed by atoms with Crippen LogP contribution in [0.2, 0.25) is 0 Å². The lowest BCUT2D eigenvalue weighted by Gasteiger charge is -2.36. The van der Waals surface area contributed by atoms with E-state index in [1.54, 1.807) is 12.3 Å². The highest BCUT2D eigenvalue weighted by Gasteiger charge is 2.21. The number of aryl methyl sites for hydroxylation is 1. The molecule has 2 aromatic rings. The number of piperazine rings is 1. The number of aromatic nitrogens is 2. The van der Waals surface area contributed by atoms with Gasteiger partial charge in [-0.15, -0.1) is 0 Å². The van der Waals surface area contributed by atoms with Gasteiger partial charge in [-0.1, -0.05) is 0 Å². The van der Waals surface area contributed by atoms with Crippen LogP contribution < -0.4 is 9.80 Å². The number of anilines is 2. The van der Waals surface area contributed by atoms with Crippen LogP contribution in [0.25, 0.3) is 0 Å². The molecule has 1 fully saturated rings. The van der Waals surface area contributed by atoms with Gasteiger partial charge in [0.25, 0.3) is 0 Å². The molecule has 0 radical (unpaired) electrons. The summed E-state index contributed by atoms with van der Waals surface area (Å²) in [5, 5.41) is 9.16. The van der Waals surface area contributed by atoms with Crippen molar-refractivity contribution in [3.05, 3.63) is 47.5 Å². The van der Waals surface area contributed by atoms with Gasteiger partial charge in [-0.2, -0.15) is 5.26 Å². The Kier molecular flexibility index (Phi) is 3.88. The predicted octanol–water partition coefficient (Wildman–Crippen LogP) is 2.12. The highest BCUT2D eigenvalue weighted by Crippen LogP contribution is 2.23. The highest BCUT2D eigenvalue weighted by molar-refractivity contribution is 5.60. The van der Waals surface area contributed by atoms with Crippen molar-refractivity contribution in [3.8, 4) is 6.07 Å². The molecular weight excluding hydrogens is 281 g/mol. The van der Waals surface area contributed by atoms with Crippen molar-refractivity contribution in [2.45, 2.75) is 6.92 Å². The highest BCUT2D eigenvalue weighted by atomic mass is 19.1. The van der Waals surface area contributed by atoms with Crippen molar-refractivity contribution in [2.24, 2.45) is 0 Å². The van der Waals surface area contributed by atoms with E-state index in [4.69, 9.17) is 5.26 Å². The van der Waals surface area contributed by atoms with E-state index in [1.807, 2.05) is 13.0 Å². The van der Waals surface area contributed by atoms with Gasteiger partial charge in [-0.25, -0.2) is 14.4 Å². The third-order valence-corrected chi connectivity index (χ3v) is 3.76. The Hall–Kier alpha value is -2.68. The zero-order chi connectivity index (χ0) is 15.5. The molecule has 112 valence electrons. The fourth-order valence-corrected chi connectivity index (χ4v) is 2.61. The lowest BCUT2D eigenvalue weighted by Crippen LogP contribution is -2.47. The van der Waals surface area contributed by atoms with Crippen molar-refractivity contribution in [1.82, 2.24) is 9.97 Å². The molecule has 1 aliphatic heterocycles. The Morgan fingerprint density at radius 1 is 1.14 bits per heavy atom. The number of rotatable bonds is 2. The minimum atomic E-state index is -0.382. The lowest BCUT2D eigenvalue weighted by molar-refractivity contribution is 0.622. The van der Waals surface area contributed by atoms with Crippen LogP contribution in [0.5, 0.6) is 0 Å². The Morgan fingerprint density at radius 2 is 1.86 bits per heavy atom. The van der Waals surface area contributed by atoms with Crippen LogP contribution >= 0.6 is 0 Å². The van der Waals surface area contributed by atoms with Crippen molar-refractivity contribution in [2.75, 3.05) is 36.0 Å². The molecule has 0 aliphatic carbocycles. The molecule has 2 heterocycles. The largest absolute Gasteiger partial charge is 0.367 e. The number of hydrogen-bond acceptors (Lipinski definition) is 5. The molecule has 1 aliphatic rings. The first kappa shape index (κ1) is 14.3. The third kappa shape index (κ3) is 2.84. The van der Waals surface area contributed by atoms with Crippen LogP contribution in [0.15, 0.2) is 30.5 Å². The molecule has 0 atom stereocenters. The summed E-state index contributed by atoms with van der Waals surface area (Å²) in [5.41, 5.74) is 2.10. The fraction of sp³-hybridized carbons (Fsp3) is 0.312. The van der Waals surface area contributed by atoms with Crippen LogP contribution in [0, 0.1) is 24.1 Å². The topological polar surface area (TPSA) is 56.1 Å². The Bertz CT molecular complexity index is 717. The summed E-state index contributed by atoms with van der Waals surface area (Å²) in [4.78, 5) is 13.0. The smallest absolute Gasteiger partial charge is 0.225 e. The monoisotopic (exact) mass is 297 g/mol. The average Bonchev–Trinajstić information content (AvgIpc) is 2.55. The van der Waals surface area contributed by atoms with Crippen molar-refractivity contribution >= 4 is 11.6 Å². The van der Waals surface area contributed by atoms with Crippen molar-refractivity contribution < 1.29 is 4.39 Å². The summed E-state index contributed by atoms with van der Waals surface area (Å²) in [7, 11) is 0. The molecule has 0 N–H and O–H groups in total. The second-order valence-corrected chi connectivity index (χ2v) is 5.25. The zero-order valence-electron chi connectivity index (χ0n) is 12.3. The van der Waals surface area contributed by atoms with E-state index in [1.165, 1.54) is 12.1 Å². The standard InChI is InChI=1S/C16H16FN5/c1-12-4-5-19-16(20-12)22-8-6-21(7-9-22)15-3-2-14(17)10-13(15)11-18/h2-5,10H,6-9H2,1H3. The van der Waals surface area contributed by atoms with Gasteiger partial charge >= 0.3 is 0 Å². The van der Waals surface area contributed by atoms with E-state index in [0.29, 0.717) is 5.56 Å². The summed E-state index contributed by atoms with van der Waals surface area (Å²) in [6, 6.07) is 8.29. The zero-order valence-corrected chi connectivity index (χ0v) is 12.3. The summed E-state index contributed by atoms with van der Waals surface area (Å²) in [5.74, 6) is 0.353. The van der Waals surface area contributed by atoms with Gasteiger partial charge in [0.2, 0.25) is 5.95 Å². The summed E-state index contributed by atoms with van der Waals surface area (Å²) in [6.07, 6.45) is 1.76.